The Balaban J connectivity index is 2.00. The molecule has 1 aromatic carbocycles. The van der Waals surface area contributed by atoms with E-state index in [1.165, 1.54) is 0 Å². The number of hydrogen-bond donors (Lipinski definition) is 1. The summed E-state index contributed by atoms with van der Waals surface area (Å²) in [6.45, 7) is 8.66. The van der Waals surface area contributed by atoms with Crippen LogP contribution in [0.1, 0.15) is 34.1 Å². The van der Waals surface area contributed by atoms with E-state index >= 15 is 0 Å². The SMILES string of the molecule is CCC(C)Oc1cccc(NC2=N[C@@H](C(C)C)CS2)c1. The molecule has 1 heterocycles. The molecule has 20 heavy (non-hydrogen) atoms. The van der Waals surface area contributed by atoms with E-state index in [0.717, 1.165) is 28.8 Å². The van der Waals surface area contributed by atoms with E-state index in [9.17, 15) is 0 Å². The Labute approximate surface area is 126 Å². The third-order valence-corrected chi connectivity index (χ3v) is 4.43. The quantitative estimate of drug-likeness (QED) is 0.873. The van der Waals surface area contributed by atoms with Crippen LogP contribution in [0, 0.1) is 5.92 Å². The fraction of sp³-hybridized carbons (Fsp3) is 0.562. The molecule has 1 aliphatic heterocycles. The van der Waals surface area contributed by atoms with Crippen LogP contribution < -0.4 is 10.1 Å². The second kappa shape index (κ2) is 7.02. The molecule has 1 unspecified atom stereocenters. The monoisotopic (exact) mass is 292 g/mol. The highest BCUT2D eigenvalue weighted by Gasteiger charge is 2.21. The number of amidine groups is 1. The van der Waals surface area contributed by atoms with Crippen molar-refractivity contribution in [2.75, 3.05) is 11.1 Å². The fourth-order valence-electron chi connectivity index (χ4n) is 1.89. The molecule has 0 saturated carbocycles. The summed E-state index contributed by atoms with van der Waals surface area (Å²) >= 11 is 1.80. The van der Waals surface area contributed by atoms with Crippen molar-refractivity contribution >= 4 is 22.6 Å². The maximum absolute atomic E-state index is 5.84. The zero-order valence-corrected chi connectivity index (χ0v) is 13.5. The van der Waals surface area contributed by atoms with Crippen LogP contribution in [0.4, 0.5) is 5.69 Å². The average molecular weight is 292 g/mol. The van der Waals surface area contributed by atoms with Gasteiger partial charge in [0.15, 0.2) is 5.17 Å². The lowest BCUT2D eigenvalue weighted by atomic mass is 10.1. The first-order chi connectivity index (χ1) is 9.58. The van der Waals surface area contributed by atoms with E-state index in [0.29, 0.717) is 12.0 Å². The molecule has 2 atom stereocenters. The first-order valence-corrected chi connectivity index (χ1v) is 8.31. The molecule has 2 rings (SSSR count). The van der Waals surface area contributed by atoms with Crippen molar-refractivity contribution in [1.29, 1.82) is 0 Å². The number of aliphatic imine (C=N–C) groups is 1. The fourth-order valence-corrected chi connectivity index (χ4v) is 3.07. The van der Waals surface area contributed by atoms with Gasteiger partial charge in [0.2, 0.25) is 0 Å². The molecular weight excluding hydrogens is 268 g/mol. The molecule has 110 valence electrons. The number of nitrogens with zero attached hydrogens (tertiary/aromatic N) is 1. The Bertz CT molecular complexity index is 473. The number of nitrogens with one attached hydrogen (secondary N) is 1. The minimum Gasteiger partial charge on any atom is -0.491 e. The maximum atomic E-state index is 5.84. The van der Waals surface area contributed by atoms with Gasteiger partial charge in [-0.05, 0) is 31.4 Å². The van der Waals surface area contributed by atoms with Crippen LogP contribution in [0.2, 0.25) is 0 Å². The lowest BCUT2D eigenvalue weighted by molar-refractivity contribution is 0.217. The second-order valence-corrected chi connectivity index (χ2v) is 6.55. The molecule has 1 N–H and O–H groups in total. The van der Waals surface area contributed by atoms with E-state index < -0.39 is 0 Å². The highest BCUT2D eigenvalue weighted by Crippen LogP contribution is 2.26. The van der Waals surface area contributed by atoms with E-state index in [1.807, 2.05) is 18.2 Å². The minimum absolute atomic E-state index is 0.244. The summed E-state index contributed by atoms with van der Waals surface area (Å²) in [6, 6.07) is 8.53. The number of rotatable bonds is 5. The van der Waals surface area contributed by atoms with Crippen LogP contribution in [-0.4, -0.2) is 23.1 Å². The van der Waals surface area contributed by atoms with Crippen LogP contribution in [0.3, 0.4) is 0 Å². The van der Waals surface area contributed by atoms with Gasteiger partial charge in [-0.25, -0.2) is 0 Å². The molecule has 3 nitrogen and oxygen atoms in total. The van der Waals surface area contributed by atoms with Crippen LogP contribution in [0.5, 0.6) is 5.75 Å². The first-order valence-electron chi connectivity index (χ1n) is 7.32. The summed E-state index contributed by atoms with van der Waals surface area (Å²) in [6.07, 6.45) is 1.25. The zero-order valence-electron chi connectivity index (χ0n) is 12.7. The molecule has 0 fully saturated rings. The van der Waals surface area contributed by atoms with Crippen molar-refractivity contribution in [1.82, 2.24) is 0 Å². The summed E-state index contributed by atoms with van der Waals surface area (Å²) in [5.74, 6) is 2.58. The van der Waals surface area contributed by atoms with Crippen molar-refractivity contribution in [3.63, 3.8) is 0 Å². The van der Waals surface area contributed by atoms with Gasteiger partial charge in [0.05, 0.1) is 12.1 Å². The molecule has 4 heteroatoms. The number of anilines is 1. The lowest BCUT2D eigenvalue weighted by Gasteiger charge is -2.13. The number of thioether (sulfide) groups is 1. The Kier molecular flexibility index (Phi) is 5.35. The maximum Gasteiger partial charge on any atom is 0.161 e. The summed E-state index contributed by atoms with van der Waals surface area (Å²) in [4.78, 5) is 4.72. The summed E-state index contributed by atoms with van der Waals surface area (Å²) in [5, 5.41) is 4.41. The smallest absolute Gasteiger partial charge is 0.161 e. The predicted octanol–water partition coefficient (Wildman–Crippen LogP) is 4.40. The molecular formula is C16H24N2OS. The minimum atomic E-state index is 0.244. The highest BCUT2D eigenvalue weighted by molar-refractivity contribution is 8.14. The normalized spacial score (nSPS) is 19.9. The first kappa shape index (κ1) is 15.2. The Morgan fingerprint density at radius 3 is 2.85 bits per heavy atom. The van der Waals surface area contributed by atoms with Gasteiger partial charge in [0.25, 0.3) is 0 Å². The van der Waals surface area contributed by atoms with Crippen molar-refractivity contribution < 1.29 is 4.74 Å². The van der Waals surface area contributed by atoms with Crippen LogP contribution in [-0.2, 0) is 0 Å². The van der Waals surface area contributed by atoms with E-state index in [-0.39, 0.29) is 6.10 Å². The third kappa shape index (κ3) is 4.17. The van der Waals surface area contributed by atoms with E-state index in [4.69, 9.17) is 9.73 Å². The van der Waals surface area contributed by atoms with Gasteiger partial charge in [-0.3, -0.25) is 4.99 Å². The summed E-state index contributed by atoms with van der Waals surface area (Å²) in [7, 11) is 0. The Morgan fingerprint density at radius 1 is 1.40 bits per heavy atom. The van der Waals surface area contributed by atoms with Crippen molar-refractivity contribution in [3.8, 4) is 5.75 Å². The largest absolute Gasteiger partial charge is 0.491 e. The Morgan fingerprint density at radius 2 is 2.20 bits per heavy atom. The van der Waals surface area contributed by atoms with Gasteiger partial charge < -0.3 is 10.1 Å². The second-order valence-electron chi connectivity index (χ2n) is 5.55. The van der Waals surface area contributed by atoms with Crippen molar-refractivity contribution in [2.45, 2.75) is 46.3 Å². The zero-order chi connectivity index (χ0) is 14.5. The van der Waals surface area contributed by atoms with Gasteiger partial charge in [-0.2, -0.15) is 0 Å². The summed E-state index contributed by atoms with van der Waals surface area (Å²) in [5.41, 5.74) is 1.04. The average Bonchev–Trinajstić information content (AvgIpc) is 2.87. The van der Waals surface area contributed by atoms with Gasteiger partial charge in [0, 0.05) is 17.5 Å². The number of ether oxygens (including phenoxy) is 1. The molecule has 0 aromatic heterocycles. The molecule has 1 aromatic rings. The molecule has 0 amide bonds. The van der Waals surface area contributed by atoms with Crippen molar-refractivity contribution in [2.24, 2.45) is 10.9 Å². The van der Waals surface area contributed by atoms with Gasteiger partial charge in [-0.15, -0.1) is 0 Å². The summed E-state index contributed by atoms with van der Waals surface area (Å²) < 4.78 is 5.84. The molecule has 1 aliphatic rings. The van der Waals surface area contributed by atoms with E-state index in [2.05, 4.69) is 39.1 Å². The molecule has 0 radical (unpaired) electrons. The molecule has 0 spiro atoms. The predicted molar refractivity (Wildman–Crippen MR) is 89.0 cm³/mol. The molecule has 0 saturated heterocycles. The van der Waals surface area contributed by atoms with E-state index in [1.54, 1.807) is 11.8 Å². The third-order valence-electron chi connectivity index (χ3n) is 3.44. The number of benzene rings is 1. The highest BCUT2D eigenvalue weighted by atomic mass is 32.2. The Hall–Kier alpha value is -1.16. The van der Waals surface area contributed by atoms with Gasteiger partial charge in [0.1, 0.15) is 5.75 Å². The van der Waals surface area contributed by atoms with Crippen LogP contribution in [0.15, 0.2) is 29.3 Å². The van der Waals surface area contributed by atoms with Crippen LogP contribution >= 0.6 is 11.8 Å². The van der Waals surface area contributed by atoms with Crippen LogP contribution in [0.25, 0.3) is 0 Å². The topological polar surface area (TPSA) is 33.6 Å². The molecule has 0 aliphatic carbocycles. The number of hydrogen-bond acceptors (Lipinski definition) is 4. The van der Waals surface area contributed by atoms with Gasteiger partial charge >= 0.3 is 0 Å². The van der Waals surface area contributed by atoms with Crippen molar-refractivity contribution in [3.05, 3.63) is 24.3 Å². The molecule has 0 bridgehead atoms. The van der Waals surface area contributed by atoms with Gasteiger partial charge in [-0.1, -0.05) is 38.6 Å². The lowest BCUT2D eigenvalue weighted by Crippen LogP contribution is -2.12. The standard InChI is InChI=1S/C16H24N2OS/c1-5-12(4)19-14-8-6-7-13(9-14)17-16-18-15(10-20-16)11(2)3/h6-9,11-12,15H,5,10H2,1-4H3,(H,17,18)/t12?,15-/m1/s1.